The highest BCUT2D eigenvalue weighted by molar-refractivity contribution is 14.1. The Hall–Kier alpha value is -2.00. The van der Waals surface area contributed by atoms with E-state index < -0.39 is 0 Å². The first-order valence-corrected chi connectivity index (χ1v) is 9.93. The zero-order chi connectivity index (χ0) is 18.8. The predicted octanol–water partition coefficient (Wildman–Crippen LogP) is 4.96. The van der Waals surface area contributed by atoms with Crippen LogP contribution in [0.4, 0.5) is 4.39 Å². The molecule has 0 aliphatic heterocycles. The van der Waals surface area contributed by atoms with Gasteiger partial charge < -0.3 is 9.13 Å². The van der Waals surface area contributed by atoms with Gasteiger partial charge in [-0.2, -0.15) is 0 Å². The zero-order valence-corrected chi connectivity index (χ0v) is 17.2. The molecule has 0 unspecified atom stereocenters. The minimum atomic E-state index is -0.378. The third-order valence-electron chi connectivity index (χ3n) is 4.29. The van der Waals surface area contributed by atoms with Gasteiger partial charge in [-0.1, -0.05) is 11.6 Å². The Kier molecular flexibility index (Phi) is 5.40. The molecule has 0 spiro atoms. The first-order chi connectivity index (χ1) is 13.2. The van der Waals surface area contributed by atoms with E-state index in [1.807, 2.05) is 39.7 Å². The van der Waals surface area contributed by atoms with Gasteiger partial charge in [-0.05, 0) is 58.8 Å². The number of fused-ring (bicyclic) bond motifs is 1. The smallest absolute Gasteiger partial charge is 0.142 e. The molecule has 0 saturated carbocycles. The molecule has 27 heavy (non-hydrogen) atoms. The third-order valence-corrected chi connectivity index (χ3v) is 5.43. The number of imidazole rings is 2. The van der Waals surface area contributed by atoms with Crippen LogP contribution in [-0.4, -0.2) is 30.8 Å². The van der Waals surface area contributed by atoms with Crippen molar-refractivity contribution < 1.29 is 4.39 Å². The van der Waals surface area contributed by atoms with Crippen LogP contribution in [0.25, 0.3) is 22.4 Å². The molecular weight excluding hydrogens is 480 g/mol. The normalized spacial score (nSPS) is 11.4. The molecular formula is C19H16ClFIN5. The van der Waals surface area contributed by atoms with Gasteiger partial charge in [0.15, 0.2) is 0 Å². The van der Waals surface area contributed by atoms with Crippen molar-refractivity contribution in [2.75, 3.05) is 6.67 Å². The number of halogens is 3. The largest absolute Gasteiger partial charge is 0.324 e. The summed E-state index contributed by atoms with van der Waals surface area (Å²) in [5.74, 6) is 0.774. The molecule has 0 bridgehead atoms. The summed E-state index contributed by atoms with van der Waals surface area (Å²) in [7, 11) is 0. The van der Waals surface area contributed by atoms with Gasteiger partial charge in [-0.25, -0.2) is 9.97 Å². The van der Waals surface area contributed by atoms with E-state index in [1.165, 1.54) is 0 Å². The van der Waals surface area contributed by atoms with Crippen LogP contribution in [0, 0.1) is 3.70 Å². The first-order valence-electron chi connectivity index (χ1n) is 8.47. The second kappa shape index (κ2) is 7.93. The van der Waals surface area contributed by atoms with Crippen LogP contribution in [0.15, 0.2) is 49.2 Å². The molecule has 138 valence electrons. The SMILES string of the molecule is FCCCn1c(-c2cncc(Cn3cncc3I)c2)nc2ccc(Cl)cc21. The van der Waals surface area contributed by atoms with E-state index >= 15 is 0 Å². The standard InChI is InChI=1S/C19H16ClFIN5/c20-15-2-3-16-17(7-15)27(5-1-4-21)19(25-16)14-6-13(8-23-9-14)11-26-12-24-10-18(26)22/h2-3,6-10,12H,1,4-5,11H2. The van der Waals surface area contributed by atoms with Crippen molar-refractivity contribution in [3.63, 3.8) is 0 Å². The molecule has 3 aromatic heterocycles. The van der Waals surface area contributed by atoms with Crippen molar-refractivity contribution in [3.8, 4) is 11.4 Å². The van der Waals surface area contributed by atoms with Crippen LogP contribution < -0.4 is 0 Å². The number of rotatable bonds is 6. The zero-order valence-electron chi connectivity index (χ0n) is 14.3. The number of nitrogens with zero attached hydrogens (tertiary/aromatic N) is 5. The average molecular weight is 496 g/mol. The number of aryl methyl sites for hydroxylation is 1. The summed E-state index contributed by atoms with van der Waals surface area (Å²) in [6.07, 6.45) is 7.67. The van der Waals surface area contributed by atoms with Crippen molar-refractivity contribution in [1.29, 1.82) is 0 Å². The predicted molar refractivity (Wildman–Crippen MR) is 113 cm³/mol. The lowest BCUT2D eigenvalue weighted by atomic mass is 10.2. The second-order valence-corrected chi connectivity index (χ2v) is 7.73. The van der Waals surface area contributed by atoms with Crippen molar-refractivity contribution in [1.82, 2.24) is 24.1 Å². The molecule has 0 radical (unpaired) electrons. The Bertz CT molecular complexity index is 1090. The summed E-state index contributed by atoms with van der Waals surface area (Å²) in [6.45, 7) is 0.832. The lowest BCUT2D eigenvalue weighted by Crippen LogP contribution is -2.04. The molecule has 0 aliphatic rings. The van der Waals surface area contributed by atoms with Crippen LogP contribution in [0.5, 0.6) is 0 Å². The third kappa shape index (κ3) is 3.84. The molecule has 1 aromatic carbocycles. The Morgan fingerprint density at radius 3 is 2.78 bits per heavy atom. The van der Waals surface area contributed by atoms with E-state index in [2.05, 4.69) is 38.6 Å². The van der Waals surface area contributed by atoms with E-state index in [-0.39, 0.29) is 6.67 Å². The lowest BCUT2D eigenvalue weighted by molar-refractivity contribution is 0.450. The molecule has 3 heterocycles. The minimum Gasteiger partial charge on any atom is -0.324 e. The van der Waals surface area contributed by atoms with Gasteiger partial charge in [0, 0.05) is 29.5 Å². The van der Waals surface area contributed by atoms with E-state index in [0.29, 0.717) is 24.5 Å². The Morgan fingerprint density at radius 1 is 1.11 bits per heavy atom. The number of hydrogen-bond donors (Lipinski definition) is 0. The van der Waals surface area contributed by atoms with Crippen LogP contribution >= 0.6 is 34.2 Å². The summed E-state index contributed by atoms with van der Waals surface area (Å²) in [4.78, 5) is 13.3. The Morgan fingerprint density at radius 2 is 2.00 bits per heavy atom. The minimum absolute atomic E-state index is 0.378. The number of pyridine rings is 1. The lowest BCUT2D eigenvalue weighted by Gasteiger charge is -2.10. The summed E-state index contributed by atoms with van der Waals surface area (Å²) < 4.78 is 18.0. The van der Waals surface area contributed by atoms with Gasteiger partial charge in [0.2, 0.25) is 0 Å². The molecule has 0 N–H and O–H groups in total. The van der Waals surface area contributed by atoms with Crippen LogP contribution in [0.3, 0.4) is 0 Å². The van der Waals surface area contributed by atoms with E-state index in [4.69, 9.17) is 16.6 Å². The highest BCUT2D eigenvalue weighted by atomic mass is 127. The van der Waals surface area contributed by atoms with Gasteiger partial charge >= 0.3 is 0 Å². The topological polar surface area (TPSA) is 48.5 Å². The fraction of sp³-hybridized carbons (Fsp3) is 0.211. The van der Waals surface area contributed by atoms with Gasteiger partial charge in [-0.3, -0.25) is 9.37 Å². The second-order valence-electron chi connectivity index (χ2n) is 6.19. The van der Waals surface area contributed by atoms with Gasteiger partial charge in [0.1, 0.15) is 5.82 Å². The molecule has 4 aromatic rings. The summed E-state index contributed by atoms with van der Waals surface area (Å²) >= 11 is 8.41. The van der Waals surface area contributed by atoms with Gasteiger partial charge in [0.05, 0.1) is 40.5 Å². The number of benzene rings is 1. The average Bonchev–Trinajstić information content (AvgIpc) is 3.23. The summed E-state index contributed by atoms with van der Waals surface area (Å²) in [5, 5.41) is 0.636. The van der Waals surface area contributed by atoms with E-state index in [1.54, 1.807) is 12.5 Å². The highest BCUT2D eigenvalue weighted by Gasteiger charge is 2.14. The van der Waals surface area contributed by atoms with Crippen molar-refractivity contribution in [3.05, 3.63) is 63.5 Å². The fourth-order valence-electron chi connectivity index (χ4n) is 3.07. The molecule has 0 fully saturated rings. The monoisotopic (exact) mass is 495 g/mol. The Balaban J connectivity index is 1.77. The first kappa shape index (κ1) is 18.4. The summed E-state index contributed by atoms with van der Waals surface area (Å²) in [6, 6.07) is 7.64. The molecule has 0 saturated heterocycles. The van der Waals surface area contributed by atoms with E-state index in [9.17, 15) is 4.39 Å². The molecule has 0 aliphatic carbocycles. The maximum atomic E-state index is 12.8. The number of hydrogen-bond acceptors (Lipinski definition) is 3. The molecule has 8 heteroatoms. The fourth-order valence-corrected chi connectivity index (χ4v) is 3.70. The quantitative estimate of drug-likeness (QED) is 0.355. The van der Waals surface area contributed by atoms with E-state index in [0.717, 1.165) is 31.7 Å². The van der Waals surface area contributed by atoms with Crippen LogP contribution in [0.1, 0.15) is 12.0 Å². The molecule has 4 rings (SSSR count). The maximum absolute atomic E-state index is 12.8. The van der Waals surface area contributed by atoms with Gasteiger partial charge in [0.25, 0.3) is 0 Å². The molecule has 5 nitrogen and oxygen atoms in total. The highest BCUT2D eigenvalue weighted by Crippen LogP contribution is 2.27. The van der Waals surface area contributed by atoms with Gasteiger partial charge in [-0.15, -0.1) is 0 Å². The summed E-state index contributed by atoms with van der Waals surface area (Å²) in [5.41, 5.74) is 3.68. The van der Waals surface area contributed by atoms with Crippen molar-refractivity contribution in [2.45, 2.75) is 19.5 Å². The Labute approximate surface area is 174 Å². The molecule has 0 amide bonds. The number of aromatic nitrogens is 5. The van der Waals surface area contributed by atoms with Crippen molar-refractivity contribution >= 4 is 45.2 Å². The van der Waals surface area contributed by atoms with Crippen LogP contribution in [0.2, 0.25) is 5.02 Å². The number of alkyl halides is 1. The maximum Gasteiger partial charge on any atom is 0.142 e. The van der Waals surface area contributed by atoms with Crippen LogP contribution in [-0.2, 0) is 13.1 Å². The molecule has 0 atom stereocenters. The van der Waals surface area contributed by atoms with Crippen molar-refractivity contribution in [2.24, 2.45) is 0 Å².